The van der Waals surface area contributed by atoms with E-state index in [2.05, 4.69) is 47.7 Å². The summed E-state index contributed by atoms with van der Waals surface area (Å²) in [6.45, 7) is 15.5. The maximum atomic E-state index is 9.88. The van der Waals surface area contributed by atoms with Crippen molar-refractivity contribution >= 4 is 8.32 Å². The van der Waals surface area contributed by atoms with Crippen LogP contribution in [0.25, 0.3) is 0 Å². The monoisotopic (exact) mass is 256 g/mol. The maximum Gasteiger partial charge on any atom is 0.192 e. The fourth-order valence-electron chi connectivity index (χ4n) is 1.83. The molecule has 0 aromatic rings. The number of rotatable bonds is 2. The zero-order valence-electron chi connectivity index (χ0n) is 12.4. The van der Waals surface area contributed by atoms with Gasteiger partial charge in [0.25, 0.3) is 0 Å². The first-order valence-corrected chi connectivity index (χ1v) is 9.41. The van der Waals surface area contributed by atoms with Crippen molar-refractivity contribution in [2.45, 2.75) is 71.4 Å². The van der Waals surface area contributed by atoms with Crippen LogP contribution in [0.5, 0.6) is 0 Å². The topological polar surface area (TPSA) is 29.5 Å². The zero-order chi connectivity index (χ0) is 13.5. The molecule has 0 fully saturated rings. The lowest BCUT2D eigenvalue weighted by atomic mass is 9.77. The zero-order valence-corrected chi connectivity index (χ0v) is 13.4. The van der Waals surface area contributed by atoms with Gasteiger partial charge in [0, 0.05) is 0 Å². The third-order valence-electron chi connectivity index (χ3n) is 4.29. The van der Waals surface area contributed by atoms with Crippen molar-refractivity contribution in [3.63, 3.8) is 0 Å². The van der Waals surface area contributed by atoms with E-state index in [1.54, 1.807) is 0 Å². The number of aliphatic hydroxyl groups is 1. The molecule has 0 saturated carbocycles. The van der Waals surface area contributed by atoms with Crippen LogP contribution in [-0.4, -0.2) is 25.6 Å². The molecular formula is C14H28O2Si. The highest BCUT2D eigenvalue weighted by Gasteiger charge is 2.41. The molecule has 0 aromatic carbocycles. The minimum Gasteiger partial charge on any atom is -0.411 e. The van der Waals surface area contributed by atoms with Gasteiger partial charge in [-0.2, -0.15) is 0 Å². The average Bonchev–Trinajstić information content (AvgIpc) is 2.08. The fourth-order valence-corrected chi connectivity index (χ4v) is 3.11. The molecule has 1 N–H and O–H groups in total. The van der Waals surface area contributed by atoms with Gasteiger partial charge in [0.1, 0.15) is 0 Å². The van der Waals surface area contributed by atoms with Crippen molar-refractivity contribution in [1.29, 1.82) is 0 Å². The second-order valence-corrected chi connectivity index (χ2v) is 12.2. The third-order valence-corrected chi connectivity index (χ3v) is 8.79. The molecule has 0 saturated heterocycles. The summed E-state index contributed by atoms with van der Waals surface area (Å²) >= 11 is 0. The van der Waals surface area contributed by atoms with E-state index in [4.69, 9.17) is 4.43 Å². The predicted octanol–water partition coefficient (Wildman–Crippen LogP) is 3.72. The first-order valence-electron chi connectivity index (χ1n) is 6.50. The van der Waals surface area contributed by atoms with Crippen LogP contribution in [0.15, 0.2) is 12.2 Å². The molecule has 0 bridgehead atoms. The molecule has 0 amide bonds. The second kappa shape index (κ2) is 4.52. The SMILES string of the molecule is CC1(C)C[C@@H](O[Si](C)(C)C(C)(C)C)C=C[C@@H]1O. The van der Waals surface area contributed by atoms with Crippen LogP contribution in [0, 0.1) is 5.41 Å². The Hall–Kier alpha value is -0.123. The van der Waals surface area contributed by atoms with Crippen LogP contribution in [0.3, 0.4) is 0 Å². The number of hydrogen-bond donors (Lipinski definition) is 1. The quantitative estimate of drug-likeness (QED) is 0.602. The van der Waals surface area contributed by atoms with Crippen LogP contribution in [0.4, 0.5) is 0 Å². The molecule has 0 heterocycles. The smallest absolute Gasteiger partial charge is 0.192 e. The van der Waals surface area contributed by atoms with Gasteiger partial charge in [-0.1, -0.05) is 46.8 Å². The molecule has 1 rings (SSSR count). The van der Waals surface area contributed by atoms with Crippen LogP contribution in [0.1, 0.15) is 41.0 Å². The van der Waals surface area contributed by atoms with Gasteiger partial charge in [-0.3, -0.25) is 0 Å². The Bertz CT molecular complexity index is 300. The van der Waals surface area contributed by atoms with Crippen LogP contribution in [0.2, 0.25) is 18.1 Å². The molecule has 3 heteroatoms. The minimum absolute atomic E-state index is 0.0816. The summed E-state index contributed by atoms with van der Waals surface area (Å²) in [7, 11) is -1.71. The third kappa shape index (κ3) is 3.43. The molecule has 2 nitrogen and oxygen atoms in total. The Balaban J connectivity index is 2.75. The van der Waals surface area contributed by atoms with E-state index in [0.29, 0.717) is 0 Å². The van der Waals surface area contributed by atoms with E-state index in [9.17, 15) is 5.11 Å². The molecule has 0 spiro atoms. The van der Waals surface area contributed by atoms with Gasteiger partial charge in [0.15, 0.2) is 8.32 Å². The summed E-state index contributed by atoms with van der Waals surface area (Å²) in [5.41, 5.74) is -0.0816. The van der Waals surface area contributed by atoms with Gasteiger partial charge in [-0.15, -0.1) is 0 Å². The van der Waals surface area contributed by atoms with Crippen molar-refractivity contribution in [1.82, 2.24) is 0 Å². The molecule has 0 aromatic heterocycles. The number of hydrogen-bond acceptors (Lipinski definition) is 2. The Labute approximate surface area is 107 Å². The lowest BCUT2D eigenvalue weighted by Crippen LogP contribution is -2.46. The highest BCUT2D eigenvalue weighted by Crippen LogP contribution is 2.40. The Morgan fingerprint density at radius 1 is 1.24 bits per heavy atom. The molecular weight excluding hydrogens is 228 g/mol. The van der Waals surface area contributed by atoms with Crippen molar-refractivity contribution < 1.29 is 9.53 Å². The van der Waals surface area contributed by atoms with Gasteiger partial charge >= 0.3 is 0 Å². The van der Waals surface area contributed by atoms with E-state index in [-0.39, 0.29) is 22.7 Å². The summed E-state index contributed by atoms with van der Waals surface area (Å²) in [4.78, 5) is 0. The van der Waals surface area contributed by atoms with E-state index >= 15 is 0 Å². The van der Waals surface area contributed by atoms with Crippen LogP contribution < -0.4 is 0 Å². The van der Waals surface area contributed by atoms with Gasteiger partial charge in [-0.05, 0) is 30.0 Å². The minimum atomic E-state index is -1.71. The Morgan fingerprint density at radius 3 is 2.18 bits per heavy atom. The summed E-state index contributed by atoms with van der Waals surface area (Å²) < 4.78 is 6.37. The molecule has 0 unspecified atom stereocenters. The van der Waals surface area contributed by atoms with E-state index in [1.807, 2.05) is 12.2 Å². The first kappa shape index (κ1) is 14.9. The van der Waals surface area contributed by atoms with Gasteiger partial charge in [-0.25, -0.2) is 0 Å². The standard InChI is InChI=1S/C14H28O2Si/c1-13(2,3)17(6,7)16-11-8-9-12(15)14(4,5)10-11/h8-9,11-12,15H,10H2,1-7H3/t11-,12-/m0/s1. The van der Waals surface area contributed by atoms with E-state index in [1.165, 1.54) is 0 Å². The molecule has 0 aliphatic heterocycles. The molecule has 0 radical (unpaired) electrons. The van der Waals surface area contributed by atoms with E-state index < -0.39 is 8.32 Å². The fraction of sp³-hybridized carbons (Fsp3) is 0.857. The molecule has 2 atom stereocenters. The summed E-state index contributed by atoms with van der Waals surface area (Å²) in [6, 6.07) is 0. The lowest BCUT2D eigenvalue weighted by molar-refractivity contribution is 0.0398. The van der Waals surface area contributed by atoms with E-state index in [0.717, 1.165) is 6.42 Å². The number of aliphatic hydroxyl groups excluding tert-OH is 1. The summed E-state index contributed by atoms with van der Waals surface area (Å²) in [5.74, 6) is 0. The second-order valence-electron chi connectivity index (χ2n) is 7.44. The highest BCUT2D eigenvalue weighted by atomic mass is 28.4. The molecule has 100 valence electrons. The molecule has 17 heavy (non-hydrogen) atoms. The largest absolute Gasteiger partial charge is 0.411 e. The van der Waals surface area contributed by atoms with Crippen LogP contribution >= 0.6 is 0 Å². The predicted molar refractivity (Wildman–Crippen MR) is 75.6 cm³/mol. The Kier molecular flexibility index (Phi) is 3.97. The molecule has 1 aliphatic rings. The first-order chi connectivity index (χ1) is 7.46. The van der Waals surface area contributed by atoms with Gasteiger partial charge in [0.2, 0.25) is 0 Å². The van der Waals surface area contributed by atoms with Gasteiger partial charge < -0.3 is 9.53 Å². The lowest BCUT2D eigenvalue weighted by Gasteiger charge is -2.42. The van der Waals surface area contributed by atoms with Crippen molar-refractivity contribution in [2.75, 3.05) is 0 Å². The summed E-state index contributed by atoms with van der Waals surface area (Å²) in [6.07, 6.45) is 4.64. The average molecular weight is 256 g/mol. The van der Waals surface area contributed by atoms with Crippen molar-refractivity contribution in [3.05, 3.63) is 12.2 Å². The maximum absolute atomic E-state index is 9.88. The highest BCUT2D eigenvalue weighted by molar-refractivity contribution is 6.74. The Morgan fingerprint density at radius 2 is 1.76 bits per heavy atom. The summed E-state index contributed by atoms with van der Waals surface area (Å²) in [5, 5.41) is 10.1. The van der Waals surface area contributed by atoms with Crippen molar-refractivity contribution in [2.24, 2.45) is 5.41 Å². The van der Waals surface area contributed by atoms with Gasteiger partial charge in [0.05, 0.1) is 12.2 Å². The normalized spacial score (nSPS) is 29.4. The van der Waals surface area contributed by atoms with Crippen molar-refractivity contribution in [3.8, 4) is 0 Å². The van der Waals surface area contributed by atoms with Crippen LogP contribution in [-0.2, 0) is 4.43 Å². The molecule has 1 aliphatic carbocycles.